The second-order valence-electron chi connectivity index (χ2n) is 7.90. The third kappa shape index (κ3) is 5.37. The number of hydrogen-bond donors (Lipinski definition) is 0. The Bertz CT molecular complexity index is 1190. The van der Waals surface area contributed by atoms with Crippen LogP contribution >= 0.6 is 0 Å². The van der Waals surface area contributed by atoms with Gasteiger partial charge < -0.3 is 19.1 Å². The van der Waals surface area contributed by atoms with Gasteiger partial charge in [0.2, 0.25) is 0 Å². The minimum atomic E-state index is -4.72. The van der Waals surface area contributed by atoms with Crippen LogP contribution in [0.4, 0.5) is 17.6 Å². The zero-order chi connectivity index (χ0) is 25.4. The van der Waals surface area contributed by atoms with E-state index in [-0.39, 0.29) is 18.0 Å². The number of amides is 1. The molecule has 1 fully saturated rings. The van der Waals surface area contributed by atoms with Gasteiger partial charge in [-0.1, -0.05) is 0 Å². The molecule has 1 atom stereocenters. The summed E-state index contributed by atoms with van der Waals surface area (Å²) in [6.07, 6.45) is -6.54. The van der Waals surface area contributed by atoms with Crippen LogP contribution in [0.15, 0.2) is 35.2 Å². The van der Waals surface area contributed by atoms with Gasteiger partial charge >= 0.3 is 6.18 Å². The van der Waals surface area contributed by atoms with E-state index in [1.54, 1.807) is 6.92 Å². The Balaban J connectivity index is 1.88. The molecule has 1 aliphatic heterocycles. The smallest absolute Gasteiger partial charge is 0.425 e. The van der Waals surface area contributed by atoms with Crippen molar-refractivity contribution in [3.05, 3.63) is 47.3 Å². The van der Waals surface area contributed by atoms with E-state index in [0.29, 0.717) is 11.3 Å². The fourth-order valence-electron chi connectivity index (χ4n) is 3.32. The number of sulfone groups is 1. The molecule has 0 spiro atoms. The molecule has 7 nitrogen and oxygen atoms in total. The lowest BCUT2D eigenvalue weighted by atomic mass is 10.1. The third-order valence-corrected chi connectivity index (χ3v) is 6.35. The van der Waals surface area contributed by atoms with Gasteiger partial charge in [0, 0.05) is 6.26 Å². The average molecular weight is 505 g/mol. The van der Waals surface area contributed by atoms with Crippen LogP contribution in [0.5, 0.6) is 17.2 Å². The molecule has 1 heterocycles. The first-order valence-corrected chi connectivity index (χ1v) is 12.0. The molecule has 0 N–H and O–H groups in total. The second-order valence-corrected chi connectivity index (χ2v) is 9.89. The number of aryl methyl sites for hydroxylation is 1. The molecule has 186 valence electrons. The number of halogens is 4. The molecule has 0 aliphatic carbocycles. The molecular weight excluding hydrogens is 482 g/mol. The highest BCUT2D eigenvalue weighted by atomic mass is 32.2. The number of likely N-dealkylation sites (tertiary alicyclic amines) is 1. The maximum Gasteiger partial charge on any atom is 0.425 e. The van der Waals surface area contributed by atoms with E-state index < -0.39 is 57.0 Å². The Labute approximate surface area is 194 Å². The summed E-state index contributed by atoms with van der Waals surface area (Å²) in [6, 6.07) is 6.23. The van der Waals surface area contributed by atoms with Crippen LogP contribution < -0.4 is 14.2 Å². The quantitative estimate of drug-likeness (QED) is 0.533. The highest BCUT2D eigenvalue weighted by molar-refractivity contribution is 7.90. The number of carbonyl (C=O) groups is 1. The van der Waals surface area contributed by atoms with Crippen molar-refractivity contribution >= 4 is 15.7 Å². The highest BCUT2D eigenvalue weighted by Crippen LogP contribution is 2.38. The van der Waals surface area contributed by atoms with Crippen molar-refractivity contribution in [2.45, 2.75) is 37.1 Å². The van der Waals surface area contributed by atoms with Gasteiger partial charge in [0.25, 0.3) is 5.91 Å². The van der Waals surface area contributed by atoms with E-state index >= 15 is 0 Å². The third-order valence-electron chi connectivity index (χ3n) is 5.23. The van der Waals surface area contributed by atoms with Crippen LogP contribution in [0.1, 0.15) is 22.8 Å². The monoisotopic (exact) mass is 505 g/mol. The summed E-state index contributed by atoms with van der Waals surface area (Å²) in [7, 11) is -2.77. The standard InChI is InChI=1S/C22H23F4NO6S/c1-12-9-14(5-6-16(12)23)33-15-10-27(11-15)21(28)19-17(32-13(2)22(24,25)26)7-8-18(20(19)31-3)34(4,29)30/h5-9,13,15H,10-11H2,1-4H3/t13-/m0/s1. The summed E-state index contributed by atoms with van der Waals surface area (Å²) < 4.78 is 92.8. The average Bonchev–Trinajstić information content (AvgIpc) is 2.70. The second kappa shape index (κ2) is 9.32. The lowest BCUT2D eigenvalue weighted by molar-refractivity contribution is -0.189. The topological polar surface area (TPSA) is 82.1 Å². The minimum absolute atomic E-state index is 0.0653. The first kappa shape index (κ1) is 25.6. The summed E-state index contributed by atoms with van der Waals surface area (Å²) in [5.41, 5.74) is -0.0507. The van der Waals surface area contributed by atoms with Gasteiger partial charge in [0.15, 0.2) is 21.7 Å². The Kier molecular flexibility index (Phi) is 7.02. The summed E-state index contributed by atoms with van der Waals surface area (Å²) in [5.74, 6) is -1.63. The van der Waals surface area contributed by atoms with Crippen molar-refractivity contribution < 1.29 is 45.0 Å². The predicted molar refractivity (Wildman–Crippen MR) is 114 cm³/mol. The summed E-state index contributed by atoms with van der Waals surface area (Å²) in [4.78, 5) is 14.1. The SMILES string of the molecule is COc1c(S(C)(=O)=O)ccc(O[C@@H](C)C(F)(F)F)c1C(=O)N1CC(Oc2ccc(F)c(C)c2)C1. The largest absolute Gasteiger partial charge is 0.494 e. The molecule has 3 rings (SSSR count). The zero-order valence-electron chi connectivity index (χ0n) is 18.8. The molecular formula is C22H23F4NO6S. The van der Waals surface area contributed by atoms with E-state index in [0.717, 1.165) is 32.4 Å². The van der Waals surface area contributed by atoms with E-state index in [1.807, 2.05) is 0 Å². The maximum atomic E-state index is 13.4. The van der Waals surface area contributed by atoms with E-state index in [9.17, 15) is 30.8 Å². The van der Waals surface area contributed by atoms with Gasteiger partial charge in [-0.05, 0) is 49.7 Å². The van der Waals surface area contributed by atoms with Crippen molar-refractivity contribution in [2.24, 2.45) is 0 Å². The Hall–Kier alpha value is -3.02. The molecule has 34 heavy (non-hydrogen) atoms. The number of carbonyl (C=O) groups excluding carboxylic acids is 1. The number of benzene rings is 2. The van der Waals surface area contributed by atoms with Gasteiger partial charge in [0.1, 0.15) is 33.9 Å². The fourth-order valence-corrected chi connectivity index (χ4v) is 4.16. The number of ether oxygens (including phenoxy) is 3. The molecule has 12 heteroatoms. The number of rotatable bonds is 7. The summed E-state index contributed by atoms with van der Waals surface area (Å²) in [5, 5.41) is 0. The van der Waals surface area contributed by atoms with Crippen molar-refractivity contribution in [2.75, 3.05) is 26.5 Å². The summed E-state index contributed by atoms with van der Waals surface area (Å²) in [6.45, 7) is 2.47. The van der Waals surface area contributed by atoms with Crippen molar-refractivity contribution in [3.8, 4) is 17.2 Å². The first-order valence-electron chi connectivity index (χ1n) is 10.1. The van der Waals surface area contributed by atoms with Crippen LogP contribution in [-0.2, 0) is 9.84 Å². The molecule has 0 radical (unpaired) electrons. The van der Waals surface area contributed by atoms with Crippen LogP contribution in [0.25, 0.3) is 0 Å². The predicted octanol–water partition coefficient (Wildman–Crippen LogP) is 3.78. The Morgan fingerprint density at radius 3 is 2.35 bits per heavy atom. The normalized spacial score (nSPS) is 15.5. The van der Waals surface area contributed by atoms with Crippen LogP contribution in [-0.4, -0.2) is 64.1 Å². The number of nitrogens with zero attached hydrogens (tertiary/aromatic N) is 1. The first-order chi connectivity index (χ1) is 15.7. The molecule has 1 aliphatic rings. The molecule has 0 aromatic heterocycles. The van der Waals surface area contributed by atoms with Crippen LogP contribution in [0, 0.1) is 12.7 Å². The number of methoxy groups -OCH3 is 1. The Morgan fingerprint density at radius 1 is 1.18 bits per heavy atom. The lowest BCUT2D eigenvalue weighted by Gasteiger charge is -2.39. The minimum Gasteiger partial charge on any atom is -0.494 e. The molecule has 1 saturated heterocycles. The molecule has 2 aromatic rings. The summed E-state index contributed by atoms with van der Waals surface area (Å²) >= 11 is 0. The lowest BCUT2D eigenvalue weighted by Crippen LogP contribution is -2.56. The van der Waals surface area contributed by atoms with Crippen molar-refractivity contribution in [1.82, 2.24) is 4.90 Å². The zero-order valence-corrected chi connectivity index (χ0v) is 19.6. The van der Waals surface area contributed by atoms with Crippen LogP contribution in [0.2, 0.25) is 0 Å². The van der Waals surface area contributed by atoms with Crippen LogP contribution in [0.3, 0.4) is 0 Å². The maximum absolute atomic E-state index is 13.4. The molecule has 2 aromatic carbocycles. The number of alkyl halides is 3. The van der Waals surface area contributed by atoms with Crippen molar-refractivity contribution in [3.63, 3.8) is 0 Å². The molecule has 1 amide bonds. The molecule has 0 saturated carbocycles. The number of hydrogen-bond acceptors (Lipinski definition) is 6. The van der Waals surface area contributed by atoms with Gasteiger partial charge in [-0.3, -0.25) is 4.79 Å². The molecule has 0 unspecified atom stereocenters. The van der Waals surface area contributed by atoms with E-state index in [4.69, 9.17) is 14.2 Å². The fraction of sp³-hybridized carbons (Fsp3) is 0.409. The highest BCUT2D eigenvalue weighted by Gasteiger charge is 2.41. The van der Waals surface area contributed by atoms with Gasteiger partial charge in [0.05, 0.1) is 20.2 Å². The van der Waals surface area contributed by atoms with Gasteiger partial charge in [-0.25, -0.2) is 12.8 Å². The Morgan fingerprint density at radius 2 is 1.82 bits per heavy atom. The van der Waals surface area contributed by atoms with E-state index in [1.165, 1.54) is 23.1 Å². The molecule has 0 bridgehead atoms. The van der Waals surface area contributed by atoms with Gasteiger partial charge in [-0.2, -0.15) is 13.2 Å². The van der Waals surface area contributed by atoms with Crippen molar-refractivity contribution in [1.29, 1.82) is 0 Å². The van der Waals surface area contributed by atoms with Gasteiger partial charge in [-0.15, -0.1) is 0 Å². The van der Waals surface area contributed by atoms with E-state index in [2.05, 4.69) is 0 Å².